The zero-order valence-electron chi connectivity index (χ0n) is 11.1. The first-order valence-electron chi connectivity index (χ1n) is 6.58. The summed E-state index contributed by atoms with van der Waals surface area (Å²) in [4.78, 5) is 14.1. The fourth-order valence-corrected chi connectivity index (χ4v) is 2.52. The zero-order valence-corrected chi connectivity index (χ0v) is 11.9. The van der Waals surface area contributed by atoms with E-state index in [-0.39, 0.29) is 11.9 Å². The van der Waals surface area contributed by atoms with Crippen molar-refractivity contribution in [3.63, 3.8) is 0 Å². The van der Waals surface area contributed by atoms with Crippen molar-refractivity contribution >= 4 is 23.2 Å². The maximum atomic E-state index is 11.8. The quantitative estimate of drug-likeness (QED) is 0.887. The van der Waals surface area contributed by atoms with Gasteiger partial charge in [0.1, 0.15) is 0 Å². The summed E-state index contributed by atoms with van der Waals surface area (Å²) < 4.78 is 0. The molecule has 1 aromatic carbocycles. The molecule has 0 bridgehead atoms. The molecule has 4 nitrogen and oxygen atoms in total. The van der Waals surface area contributed by atoms with Gasteiger partial charge in [-0.3, -0.25) is 4.79 Å². The number of carbonyl (C=O) groups excluding carboxylic acids is 1. The van der Waals surface area contributed by atoms with Crippen molar-refractivity contribution in [1.29, 1.82) is 0 Å². The second-order valence-electron chi connectivity index (χ2n) is 5.21. The highest BCUT2D eigenvalue weighted by molar-refractivity contribution is 6.30. The summed E-state index contributed by atoms with van der Waals surface area (Å²) in [5.74, 6) is 0.520. The van der Waals surface area contributed by atoms with E-state index >= 15 is 0 Å². The Labute approximate surface area is 118 Å². The maximum Gasteiger partial charge on any atom is 0.225 e. The van der Waals surface area contributed by atoms with Gasteiger partial charge in [0, 0.05) is 42.8 Å². The lowest BCUT2D eigenvalue weighted by Gasteiger charge is -2.14. The first-order valence-corrected chi connectivity index (χ1v) is 6.96. The smallest absolute Gasteiger partial charge is 0.225 e. The zero-order chi connectivity index (χ0) is 13.8. The second kappa shape index (κ2) is 6.37. The summed E-state index contributed by atoms with van der Waals surface area (Å²) in [7, 11) is 0. The lowest BCUT2D eigenvalue weighted by atomic mass is 10.1. The van der Waals surface area contributed by atoms with Gasteiger partial charge in [0.2, 0.25) is 5.91 Å². The number of rotatable bonds is 4. The van der Waals surface area contributed by atoms with Crippen LogP contribution < -0.4 is 11.1 Å². The molecule has 0 radical (unpaired) electrons. The summed E-state index contributed by atoms with van der Waals surface area (Å²) in [5.41, 5.74) is 6.70. The van der Waals surface area contributed by atoms with Crippen LogP contribution in [0.3, 0.4) is 0 Å². The Morgan fingerprint density at radius 3 is 2.95 bits per heavy atom. The fourth-order valence-electron chi connectivity index (χ4n) is 2.33. The fraction of sp³-hybridized carbons (Fsp3) is 0.500. The maximum absolute atomic E-state index is 11.8. The third kappa shape index (κ3) is 4.20. The molecule has 0 spiro atoms. The van der Waals surface area contributed by atoms with Gasteiger partial charge in [-0.1, -0.05) is 24.6 Å². The molecule has 104 valence electrons. The van der Waals surface area contributed by atoms with Crippen LogP contribution in [0, 0.1) is 5.92 Å². The van der Waals surface area contributed by atoms with Crippen LogP contribution in [0.25, 0.3) is 0 Å². The number of halogens is 1. The van der Waals surface area contributed by atoms with Crippen molar-refractivity contribution in [3.8, 4) is 0 Å². The number of nitrogens with two attached hydrogens (primary N) is 1. The Balaban J connectivity index is 1.76. The Hall–Kier alpha value is -1.10. The van der Waals surface area contributed by atoms with Gasteiger partial charge in [-0.05, 0) is 24.1 Å². The standard InChI is InChI=1S/C14H20ClN3O/c1-10-8-18(9-13(10)16)6-5-14(19)17-12-4-2-3-11(15)7-12/h2-4,7,10,13H,5-6,8-9,16H2,1H3,(H,17,19). The third-order valence-electron chi connectivity index (χ3n) is 3.51. The van der Waals surface area contributed by atoms with E-state index in [1.165, 1.54) is 0 Å². The van der Waals surface area contributed by atoms with Crippen molar-refractivity contribution in [2.45, 2.75) is 19.4 Å². The molecule has 2 atom stereocenters. The molecule has 1 amide bonds. The molecule has 1 aliphatic rings. The van der Waals surface area contributed by atoms with Crippen molar-refractivity contribution in [2.24, 2.45) is 11.7 Å². The molecule has 1 aromatic rings. The first kappa shape index (κ1) is 14.3. The number of benzene rings is 1. The number of anilines is 1. The second-order valence-corrected chi connectivity index (χ2v) is 5.65. The number of likely N-dealkylation sites (tertiary alicyclic amines) is 1. The molecule has 19 heavy (non-hydrogen) atoms. The average Bonchev–Trinajstić information content (AvgIpc) is 2.66. The van der Waals surface area contributed by atoms with Crippen LogP contribution >= 0.6 is 11.6 Å². The van der Waals surface area contributed by atoms with Gasteiger partial charge in [-0.15, -0.1) is 0 Å². The number of nitrogens with zero attached hydrogens (tertiary/aromatic N) is 1. The highest BCUT2D eigenvalue weighted by Gasteiger charge is 2.26. The van der Waals surface area contributed by atoms with Crippen LogP contribution in [0.4, 0.5) is 5.69 Å². The minimum atomic E-state index is 0.00962. The summed E-state index contributed by atoms with van der Waals surface area (Å²) in [6, 6.07) is 7.41. The van der Waals surface area contributed by atoms with E-state index in [9.17, 15) is 4.79 Å². The lowest BCUT2D eigenvalue weighted by molar-refractivity contribution is -0.116. The van der Waals surface area contributed by atoms with Crippen molar-refractivity contribution in [2.75, 3.05) is 25.0 Å². The van der Waals surface area contributed by atoms with Crippen molar-refractivity contribution < 1.29 is 4.79 Å². The predicted octanol–water partition coefficient (Wildman–Crippen LogP) is 1.95. The molecule has 5 heteroatoms. The van der Waals surface area contributed by atoms with E-state index in [1.807, 2.05) is 12.1 Å². The van der Waals surface area contributed by atoms with Crippen LogP contribution in [-0.2, 0) is 4.79 Å². The summed E-state index contributed by atoms with van der Waals surface area (Å²) in [5, 5.41) is 3.47. The molecule has 3 N–H and O–H groups in total. The molecule has 1 aliphatic heterocycles. The molecular weight excluding hydrogens is 262 g/mol. The van der Waals surface area contributed by atoms with Crippen LogP contribution in [0.5, 0.6) is 0 Å². The Kier molecular flexibility index (Phi) is 4.80. The Morgan fingerprint density at radius 2 is 2.32 bits per heavy atom. The lowest BCUT2D eigenvalue weighted by Crippen LogP contribution is -2.30. The Morgan fingerprint density at radius 1 is 1.53 bits per heavy atom. The third-order valence-corrected chi connectivity index (χ3v) is 3.74. The van der Waals surface area contributed by atoms with Gasteiger partial charge in [-0.2, -0.15) is 0 Å². The highest BCUT2D eigenvalue weighted by atomic mass is 35.5. The van der Waals surface area contributed by atoms with Gasteiger partial charge in [0.15, 0.2) is 0 Å². The van der Waals surface area contributed by atoms with Crippen molar-refractivity contribution in [1.82, 2.24) is 4.90 Å². The molecule has 2 rings (SSSR count). The van der Waals surface area contributed by atoms with E-state index in [1.54, 1.807) is 12.1 Å². The van der Waals surface area contributed by atoms with E-state index in [2.05, 4.69) is 17.1 Å². The van der Waals surface area contributed by atoms with E-state index < -0.39 is 0 Å². The molecular formula is C14H20ClN3O. The van der Waals surface area contributed by atoms with Gasteiger partial charge in [0.25, 0.3) is 0 Å². The molecule has 1 heterocycles. The minimum absolute atomic E-state index is 0.00962. The Bertz CT molecular complexity index is 442. The molecule has 0 saturated carbocycles. The molecule has 0 aliphatic carbocycles. The van der Waals surface area contributed by atoms with Gasteiger partial charge in [0.05, 0.1) is 0 Å². The van der Waals surface area contributed by atoms with Gasteiger partial charge < -0.3 is 16.0 Å². The minimum Gasteiger partial charge on any atom is -0.326 e. The van der Waals surface area contributed by atoms with Crippen LogP contribution in [0.15, 0.2) is 24.3 Å². The predicted molar refractivity (Wildman–Crippen MR) is 78.3 cm³/mol. The number of amides is 1. The largest absolute Gasteiger partial charge is 0.326 e. The number of nitrogens with one attached hydrogen (secondary N) is 1. The summed E-state index contributed by atoms with van der Waals surface area (Å²) >= 11 is 5.87. The molecule has 1 saturated heterocycles. The van der Waals surface area contributed by atoms with E-state index in [4.69, 9.17) is 17.3 Å². The van der Waals surface area contributed by atoms with Gasteiger partial charge >= 0.3 is 0 Å². The van der Waals surface area contributed by atoms with E-state index in [0.29, 0.717) is 17.4 Å². The number of carbonyl (C=O) groups is 1. The normalized spacial score (nSPS) is 23.5. The SMILES string of the molecule is CC1CN(CCC(=O)Nc2cccc(Cl)c2)CC1N. The molecule has 0 aromatic heterocycles. The summed E-state index contributed by atoms with van der Waals surface area (Å²) in [6.07, 6.45) is 0.478. The molecule has 2 unspecified atom stereocenters. The highest BCUT2D eigenvalue weighted by Crippen LogP contribution is 2.16. The van der Waals surface area contributed by atoms with E-state index in [0.717, 1.165) is 25.3 Å². The van der Waals surface area contributed by atoms with Crippen LogP contribution in [0.2, 0.25) is 5.02 Å². The monoisotopic (exact) mass is 281 g/mol. The average molecular weight is 282 g/mol. The summed E-state index contributed by atoms with van der Waals surface area (Å²) in [6.45, 7) is 4.76. The van der Waals surface area contributed by atoms with Crippen molar-refractivity contribution in [3.05, 3.63) is 29.3 Å². The topological polar surface area (TPSA) is 58.4 Å². The number of hydrogen-bond donors (Lipinski definition) is 2. The first-order chi connectivity index (χ1) is 9.04. The molecule has 1 fully saturated rings. The van der Waals surface area contributed by atoms with Crippen LogP contribution in [-0.4, -0.2) is 36.5 Å². The van der Waals surface area contributed by atoms with Crippen LogP contribution in [0.1, 0.15) is 13.3 Å². The van der Waals surface area contributed by atoms with Gasteiger partial charge in [-0.25, -0.2) is 0 Å². The number of hydrogen-bond acceptors (Lipinski definition) is 3.